The van der Waals surface area contributed by atoms with E-state index in [1.54, 1.807) is 21.3 Å². The van der Waals surface area contributed by atoms with Gasteiger partial charge in [0.2, 0.25) is 0 Å². The molecule has 6 heteroatoms. The molecule has 0 unspecified atom stereocenters. The lowest BCUT2D eigenvalue weighted by Gasteiger charge is -2.27. The molecular formula is C17H25NO5. The summed E-state index contributed by atoms with van der Waals surface area (Å²) in [6.07, 6.45) is 0.946. The molecule has 23 heavy (non-hydrogen) atoms. The van der Waals surface area contributed by atoms with Crippen molar-refractivity contribution < 1.29 is 23.7 Å². The molecule has 1 saturated heterocycles. The van der Waals surface area contributed by atoms with E-state index in [2.05, 4.69) is 4.90 Å². The molecule has 0 N–H and O–H groups in total. The molecule has 128 valence electrons. The molecule has 0 amide bonds. The van der Waals surface area contributed by atoms with E-state index in [4.69, 9.17) is 18.9 Å². The smallest absolute Gasteiger partial charge is 0.302 e. The van der Waals surface area contributed by atoms with E-state index in [1.165, 1.54) is 6.92 Å². The number of hydrogen-bond donors (Lipinski definition) is 0. The van der Waals surface area contributed by atoms with Gasteiger partial charge < -0.3 is 18.9 Å². The highest BCUT2D eigenvalue weighted by Crippen LogP contribution is 2.45. The highest BCUT2D eigenvalue weighted by molar-refractivity contribution is 5.66. The van der Waals surface area contributed by atoms with Gasteiger partial charge in [-0.05, 0) is 20.0 Å². The zero-order valence-corrected chi connectivity index (χ0v) is 14.4. The summed E-state index contributed by atoms with van der Waals surface area (Å²) in [6.45, 7) is 2.71. The second-order valence-corrected chi connectivity index (χ2v) is 5.69. The minimum atomic E-state index is -0.266. The Bertz CT molecular complexity index is 535. The summed E-state index contributed by atoms with van der Waals surface area (Å²) >= 11 is 0. The second-order valence-electron chi connectivity index (χ2n) is 5.69. The molecule has 0 aliphatic carbocycles. The summed E-state index contributed by atoms with van der Waals surface area (Å²) in [5.41, 5.74) is 0.998. The van der Waals surface area contributed by atoms with Crippen LogP contribution in [0.15, 0.2) is 12.1 Å². The Balaban J connectivity index is 2.40. The first-order valence-electron chi connectivity index (χ1n) is 7.65. The SMILES string of the molecule is COc1cc(OC)c([C@H]2CCN(C)[C@@H]2COC(C)=O)c(OC)c1. The van der Waals surface area contributed by atoms with E-state index in [-0.39, 0.29) is 17.9 Å². The minimum Gasteiger partial charge on any atom is -0.496 e. The molecule has 2 rings (SSSR count). The maximum Gasteiger partial charge on any atom is 0.302 e. The lowest BCUT2D eigenvalue weighted by Crippen LogP contribution is -2.34. The Morgan fingerprint density at radius 3 is 2.26 bits per heavy atom. The largest absolute Gasteiger partial charge is 0.496 e. The number of carbonyl (C=O) groups is 1. The quantitative estimate of drug-likeness (QED) is 0.747. The van der Waals surface area contributed by atoms with Gasteiger partial charge in [-0.1, -0.05) is 0 Å². The van der Waals surface area contributed by atoms with Crippen LogP contribution >= 0.6 is 0 Å². The molecule has 1 heterocycles. The summed E-state index contributed by atoms with van der Waals surface area (Å²) in [5.74, 6) is 2.04. The zero-order valence-electron chi connectivity index (χ0n) is 14.4. The third-order valence-corrected chi connectivity index (χ3v) is 4.40. The summed E-state index contributed by atoms with van der Waals surface area (Å²) in [4.78, 5) is 13.4. The maximum absolute atomic E-state index is 11.2. The molecule has 0 bridgehead atoms. The van der Waals surface area contributed by atoms with Crippen molar-refractivity contribution in [3.63, 3.8) is 0 Å². The van der Waals surface area contributed by atoms with Crippen molar-refractivity contribution in [3.8, 4) is 17.2 Å². The topological polar surface area (TPSA) is 57.2 Å². The van der Waals surface area contributed by atoms with Crippen LogP contribution < -0.4 is 14.2 Å². The van der Waals surface area contributed by atoms with Gasteiger partial charge in [-0.15, -0.1) is 0 Å². The molecule has 1 aliphatic rings. The molecule has 0 aromatic heterocycles. The van der Waals surface area contributed by atoms with Gasteiger partial charge >= 0.3 is 5.97 Å². The van der Waals surface area contributed by atoms with Crippen LogP contribution in [-0.4, -0.2) is 58.4 Å². The molecule has 1 aromatic carbocycles. The average Bonchev–Trinajstić information content (AvgIpc) is 2.91. The third-order valence-electron chi connectivity index (χ3n) is 4.40. The van der Waals surface area contributed by atoms with Crippen molar-refractivity contribution >= 4 is 5.97 Å². The zero-order chi connectivity index (χ0) is 17.0. The molecule has 2 atom stereocenters. The van der Waals surface area contributed by atoms with E-state index in [0.29, 0.717) is 12.4 Å². The van der Waals surface area contributed by atoms with Gasteiger partial charge in [0, 0.05) is 30.5 Å². The van der Waals surface area contributed by atoms with Crippen molar-refractivity contribution in [1.82, 2.24) is 4.90 Å². The van der Waals surface area contributed by atoms with Crippen LogP contribution in [0.5, 0.6) is 17.2 Å². The molecule has 0 saturated carbocycles. The van der Waals surface area contributed by atoms with Crippen LogP contribution in [0.4, 0.5) is 0 Å². The Morgan fingerprint density at radius 1 is 1.17 bits per heavy atom. The predicted molar refractivity (Wildman–Crippen MR) is 86.5 cm³/mol. The predicted octanol–water partition coefficient (Wildman–Crippen LogP) is 2.06. The summed E-state index contributed by atoms with van der Waals surface area (Å²) < 4.78 is 21.7. The van der Waals surface area contributed by atoms with Gasteiger partial charge in [0.1, 0.15) is 23.9 Å². The van der Waals surface area contributed by atoms with Crippen molar-refractivity contribution in [2.75, 3.05) is 41.5 Å². The number of likely N-dealkylation sites (tertiary alicyclic amines) is 1. The fraction of sp³-hybridized carbons (Fsp3) is 0.588. The van der Waals surface area contributed by atoms with Gasteiger partial charge in [0.15, 0.2) is 0 Å². The number of benzene rings is 1. The van der Waals surface area contributed by atoms with Crippen LogP contribution in [0.3, 0.4) is 0 Å². The van der Waals surface area contributed by atoms with Crippen LogP contribution in [0.1, 0.15) is 24.8 Å². The number of rotatable bonds is 6. The average molecular weight is 323 g/mol. The van der Waals surface area contributed by atoms with E-state index in [1.807, 2.05) is 19.2 Å². The van der Waals surface area contributed by atoms with Crippen molar-refractivity contribution in [2.45, 2.75) is 25.3 Å². The normalized spacial score (nSPS) is 21.1. The van der Waals surface area contributed by atoms with Crippen LogP contribution in [0, 0.1) is 0 Å². The molecular weight excluding hydrogens is 298 g/mol. The number of nitrogens with zero attached hydrogens (tertiary/aromatic N) is 1. The van der Waals surface area contributed by atoms with E-state index in [0.717, 1.165) is 30.0 Å². The maximum atomic E-state index is 11.2. The highest BCUT2D eigenvalue weighted by atomic mass is 16.5. The van der Waals surface area contributed by atoms with Gasteiger partial charge in [-0.2, -0.15) is 0 Å². The molecule has 0 spiro atoms. The van der Waals surface area contributed by atoms with Crippen molar-refractivity contribution in [2.24, 2.45) is 0 Å². The highest BCUT2D eigenvalue weighted by Gasteiger charge is 2.37. The summed E-state index contributed by atoms with van der Waals surface area (Å²) in [7, 11) is 6.92. The lowest BCUT2D eigenvalue weighted by molar-refractivity contribution is -0.142. The number of likely N-dealkylation sites (N-methyl/N-ethyl adjacent to an activating group) is 1. The summed E-state index contributed by atoms with van der Waals surface area (Å²) in [6, 6.07) is 3.81. The van der Waals surface area contributed by atoms with E-state index in [9.17, 15) is 4.79 Å². The number of hydrogen-bond acceptors (Lipinski definition) is 6. The van der Waals surface area contributed by atoms with Gasteiger partial charge in [-0.3, -0.25) is 9.69 Å². The van der Waals surface area contributed by atoms with Crippen molar-refractivity contribution in [1.29, 1.82) is 0 Å². The molecule has 1 fully saturated rings. The second kappa shape index (κ2) is 7.55. The minimum absolute atomic E-state index is 0.0927. The Hall–Kier alpha value is -1.95. The van der Waals surface area contributed by atoms with E-state index < -0.39 is 0 Å². The van der Waals surface area contributed by atoms with Gasteiger partial charge in [0.25, 0.3) is 0 Å². The standard InChI is InChI=1S/C17H25NO5/c1-11(19)23-10-14-13(6-7-18(14)2)17-15(21-4)8-12(20-3)9-16(17)22-5/h8-9,13-14H,6-7,10H2,1-5H3/t13-,14+/m0/s1. The Morgan fingerprint density at radius 2 is 1.78 bits per heavy atom. The monoisotopic (exact) mass is 323 g/mol. The number of esters is 1. The Labute approximate surface area is 137 Å². The fourth-order valence-electron chi connectivity index (χ4n) is 3.19. The number of methoxy groups -OCH3 is 3. The fourth-order valence-corrected chi connectivity index (χ4v) is 3.19. The lowest BCUT2D eigenvalue weighted by atomic mass is 9.90. The Kier molecular flexibility index (Phi) is 5.71. The van der Waals surface area contributed by atoms with Crippen LogP contribution in [0.25, 0.3) is 0 Å². The number of carbonyl (C=O) groups excluding carboxylic acids is 1. The van der Waals surface area contributed by atoms with Gasteiger partial charge in [0.05, 0.1) is 27.4 Å². The molecule has 0 radical (unpaired) electrons. The molecule has 6 nitrogen and oxygen atoms in total. The molecule has 1 aliphatic heterocycles. The first-order chi connectivity index (χ1) is 11.0. The van der Waals surface area contributed by atoms with Crippen LogP contribution in [-0.2, 0) is 9.53 Å². The first kappa shape index (κ1) is 17.4. The molecule has 1 aromatic rings. The van der Waals surface area contributed by atoms with Crippen molar-refractivity contribution in [3.05, 3.63) is 17.7 Å². The van der Waals surface area contributed by atoms with Crippen LogP contribution in [0.2, 0.25) is 0 Å². The summed E-state index contributed by atoms with van der Waals surface area (Å²) in [5, 5.41) is 0. The number of ether oxygens (including phenoxy) is 4. The van der Waals surface area contributed by atoms with E-state index >= 15 is 0 Å². The first-order valence-corrected chi connectivity index (χ1v) is 7.65. The third kappa shape index (κ3) is 3.69. The van der Waals surface area contributed by atoms with Gasteiger partial charge in [-0.25, -0.2) is 0 Å².